The highest BCUT2D eigenvalue weighted by molar-refractivity contribution is 8.04. The van der Waals surface area contributed by atoms with E-state index in [1.807, 2.05) is 29.2 Å². The molecule has 2 saturated heterocycles. The molecule has 3 unspecified atom stereocenters. The van der Waals surface area contributed by atoms with Gasteiger partial charge in [0.2, 0.25) is 0 Å². The summed E-state index contributed by atoms with van der Waals surface area (Å²) in [5.41, 5.74) is 2.01. The van der Waals surface area contributed by atoms with Crippen LogP contribution in [0.15, 0.2) is 53.4 Å². The third kappa shape index (κ3) is 5.62. The van der Waals surface area contributed by atoms with Crippen LogP contribution in [0.5, 0.6) is 0 Å². The Hall–Kier alpha value is -2.64. The molecule has 2 heterocycles. The van der Waals surface area contributed by atoms with Crippen LogP contribution in [0.2, 0.25) is 0 Å². The number of ether oxygens (including phenoxy) is 1. The second-order valence-corrected chi connectivity index (χ2v) is 10.8. The van der Waals surface area contributed by atoms with Crippen LogP contribution in [0.25, 0.3) is 6.08 Å². The Bertz CT molecular complexity index is 1100. The Labute approximate surface area is 210 Å². The number of benzene rings is 2. The van der Waals surface area contributed by atoms with Gasteiger partial charge in [0.15, 0.2) is 0 Å². The number of fused-ring (bicyclic) bond motifs is 1. The molecule has 1 aliphatic carbocycles. The lowest BCUT2D eigenvalue weighted by molar-refractivity contribution is -0.130. The van der Waals surface area contributed by atoms with Crippen molar-refractivity contribution in [1.29, 1.82) is 0 Å². The Morgan fingerprint density at radius 3 is 2.66 bits per heavy atom. The summed E-state index contributed by atoms with van der Waals surface area (Å²) in [6, 6.07) is 14.1. The number of thioether (sulfide) groups is 1. The largest absolute Gasteiger partial charge is 0.376 e. The SMILES string of the molecule is O=C(NCC1CCCO1)c1ccc(/C=C2\SC3CCCCC3N(Cc3ccccc3F)C2=O)cc1. The molecule has 184 valence electrons. The first-order valence-corrected chi connectivity index (χ1v) is 13.4. The molecule has 3 atom stereocenters. The van der Waals surface area contributed by atoms with Crippen LogP contribution in [-0.4, -0.2) is 47.3 Å². The van der Waals surface area contributed by atoms with E-state index in [1.54, 1.807) is 36.0 Å². The second kappa shape index (κ2) is 11.0. The highest BCUT2D eigenvalue weighted by Gasteiger charge is 2.40. The van der Waals surface area contributed by atoms with Gasteiger partial charge in [-0.05, 0) is 55.5 Å². The molecule has 35 heavy (non-hydrogen) atoms. The predicted molar refractivity (Wildman–Crippen MR) is 136 cm³/mol. The number of carbonyl (C=O) groups is 2. The quantitative estimate of drug-likeness (QED) is 0.564. The third-order valence-corrected chi connectivity index (χ3v) is 8.50. The van der Waals surface area contributed by atoms with Crippen molar-refractivity contribution in [2.24, 2.45) is 0 Å². The van der Waals surface area contributed by atoms with Gasteiger partial charge in [0, 0.05) is 42.1 Å². The van der Waals surface area contributed by atoms with E-state index < -0.39 is 0 Å². The molecule has 1 saturated carbocycles. The van der Waals surface area contributed by atoms with Crippen LogP contribution in [-0.2, 0) is 16.1 Å². The highest BCUT2D eigenvalue weighted by Crippen LogP contribution is 2.42. The Balaban J connectivity index is 1.31. The van der Waals surface area contributed by atoms with E-state index in [0.29, 0.717) is 27.8 Å². The number of halogens is 1. The van der Waals surface area contributed by atoms with Gasteiger partial charge < -0.3 is 15.0 Å². The average molecular weight is 495 g/mol. The summed E-state index contributed by atoms with van der Waals surface area (Å²) in [6.07, 6.45) is 8.29. The molecule has 5 nitrogen and oxygen atoms in total. The molecule has 5 rings (SSSR count). The second-order valence-electron chi connectivity index (χ2n) is 9.51. The van der Waals surface area contributed by atoms with E-state index in [0.717, 1.165) is 50.7 Å². The van der Waals surface area contributed by atoms with Crippen molar-refractivity contribution >= 4 is 29.7 Å². The van der Waals surface area contributed by atoms with Crippen LogP contribution in [0.1, 0.15) is 60.0 Å². The van der Waals surface area contributed by atoms with Gasteiger partial charge in [0.05, 0.1) is 11.0 Å². The average Bonchev–Trinajstić information content (AvgIpc) is 3.40. The monoisotopic (exact) mass is 494 g/mol. The first-order valence-electron chi connectivity index (χ1n) is 12.5. The molecule has 2 aromatic carbocycles. The van der Waals surface area contributed by atoms with Gasteiger partial charge in [-0.1, -0.05) is 43.2 Å². The summed E-state index contributed by atoms with van der Waals surface area (Å²) in [6.45, 7) is 1.57. The van der Waals surface area contributed by atoms with Gasteiger partial charge >= 0.3 is 0 Å². The van der Waals surface area contributed by atoms with E-state index in [9.17, 15) is 14.0 Å². The number of hydrogen-bond donors (Lipinski definition) is 1. The molecule has 0 bridgehead atoms. The van der Waals surface area contributed by atoms with Crippen molar-refractivity contribution in [3.05, 3.63) is 75.9 Å². The molecule has 1 N–H and O–H groups in total. The maximum Gasteiger partial charge on any atom is 0.260 e. The van der Waals surface area contributed by atoms with Crippen molar-refractivity contribution in [3.8, 4) is 0 Å². The van der Waals surface area contributed by atoms with Gasteiger partial charge in [0.1, 0.15) is 5.82 Å². The van der Waals surface area contributed by atoms with Gasteiger partial charge in [-0.25, -0.2) is 4.39 Å². The lowest BCUT2D eigenvalue weighted by Gasteiger charge is -2.44. The zero-order chi connectivity index (χ0) is 24.2. The fourth-order valence-corrected chi connectivity index (χ4v) is 6.64. The van der Waals surface area contributed by atoms with E-state index in [-0.39, 0.29) is 36.3 Å². The number of carbonyl (C=O) groups excluding carboxylic acids is 2. The van der Waals surface area contributed by atoms with Gasteiger partial charge in [-0.3, -0.25) is 9.59 Å². The first-order chi connectivity index (χ1) is 17.1. The molecule has 0 aromatic heterocycles. The summed E-state index contributed by atoms with van der Waals surface area (Å²) >= 11 is 1.65. The van der Waals surface area contributed by atoms with Crippen molar-refractivity contribution in [1.82, 2.24) is 10.2 Å². The minimum Gasteiger partial charge on any atom is -0.376 e. The van der Waals surface area contributed by atoms with Crippen LogP contribution in [0.4, 0.5) is 4.39 Å². The van der Waals surface area contributed by atoms with Crippen molar-refractivity contribution < 1.29 is 18.7 Å². The minimum absolute atomic E-state index is 0.0419. The minimum atomic E-state index is -0.273. The molecule has 0 spiro atoms. The fourth-order valence-electron chi connectivity index (χ4n) is 5.17. The van der Waals surface area contributed by atoms with E-state index >= 15 is 0 Å². The maximum absolute atomic E-state index is 14.4. The number of rotatable bonds is 6. The summed E-state index contributed by atoms with van der Waals surface area (Å²) in [5.74, 6) is -0.437. The summed E-state index contributed by atoms with van der Waals surface area (Å²) in [4.78, 5) is 28.6. The van der Waals surface area contributed by atoms with E-state index in [1.165, 1.54) is 6.07 Å². The van der Waals surface area contributed by atoms with Gasteiger partial charge in [-0.15, -0.1) is 11.8 Å². The maximum atomic E-state index is 14.4. The van der Waals surface area contributed by atoms with Crippen molar-refractivity contribution in [2.45, 2.75) is 62.5 Å². The molecule has 7 heteroatoms. The number of nitrogens with zero attached hydrogens (tertiary/aromatic N) is 1. The number of amides is 2. The Morgan fingerprint density at radius 2 is 1.89 bits per heavy atom. The van der Waals surface area contributed by atoms with Crippen LogP contribution in [0, 0.1) is 5.82 Å². The Kier molecular flexibility index (Phi) is 7.54. The molecule has 3 fully saturated rings. The summed E-state index contributed by atoms with van der Waals surface area (Å²) in [7, 11) is 0. The molecule has 2 amide bonds. The van der Waals surface area contributed by atoms with E-state index in [2.05, 4.69) is 5.32 Å². The molecule has 2 aromatic rings. The topological polar surface area (TPSA) is 58.6 Å². The summed E-state index contributed by atoms with van der Waals surface area (Å²) in [5, 5.41) is 3.26. The van der Waals surface area contributed by atoms with Crippen LogP contribution < -0.4 is 5.32 Å². The fraction of sp³-hybridized carbons (Fsp3) is 0.429. The molecular formula is C28H31FN2O3S. The van der Waals surface area contributed by atoms with Crippen LogP contribution >= 0.6 is 11.8 Å². The third-order valence-electron chi connectivity index (χ3n) is 7.10. The zero-order valence-electron chi connectivity index (χ0n) is 19.8. The van der Waals surface area contributed by atoms with Crippen molar-refractivity contribution in [3.63, 3.8) is 0 Å². The molecular weight excluding hydrogens is 463 g/mol. The van der Waals surface area contributed by atoms with Crippen LogP contribution in [0.3, 0.4) is 0 Å². The zero-order valence-corrected chi connectivity index (χ0v) is 20.6. The first kappa shape index (κ1) is 24.1. The lowest BCUT2D eigenvalue weighted by atomic mass is 9.92. The lowest BCUT2D eigenvalue weighted by Crippen LogP contribution is -2.50. The predicted octanol–water partition coefficient (Wildman–Crippen LogP) is 5.16. The number of nitrogens with one attached hydrogen (secondary N) is 1. The molecule has 3 aliphatic rings. The molecule has 0 radical (unpaired) electrons. The highest BCUT2D eigenvalue weighted by atomic mass is 32.2. The van der Waals surface area contributed by atoms with Gasteiger partial charge in [0.25, 0.3) is 11.8 Å². The van der Waals surface area contributed by atoms with Crippen molar-refractivity contribution in [2.75, 3.05) is 13.2 Å². The Morgan fingerprint density at radius 1 is 1.09 bits per heavy atom. The van der Waals surface area contributed by atoms with E-state index in [4.69, 9.17) is 4.74 Å². The number of hydrogen-bond acceptors (Lipinski definition) is 4. The van der Waals surface area contributed by atoms with Gasteiger partial charge in [-0.2, -0.15) is 0 Å². The molecule has 2 aliphatic heterocycles. The smallest absolute Gasteiger partial charge is 0.260 e. The summed E-state index contributed by atoms with van der Waals surface area (Å²) < 4.78 is 19.9. The standard InChI is InChI=1S/C28H31FN2O3S/c29-23-8-2-1-6-21(23)18-31-24-9-3-4-10-25(24)35-26(28(31)33)16-19-11-13-20(14-12-19)27(32)30-17-22-7-5-15-34-22/h1-2,6,8,11-14,16,22,24-25H,3-5,7,9-10,15,17-18H2,(H,30,32)/b26-16-. The normalized spacial score (nSPS) is 25.5.